The number of likely N-dealkylation sites (tertiary alicyclic amines) is 1. The Kier molecular flexibility index (Phi) is 6.94. The van der Waals surface area contributed by atoms with Crippen molar-refractivity contribution in [3.8, 4) is 0 Å². The molecule has 1 saturated heterocycles. The van der Waals surface area contributed by atoms with Gasteiger partial charge in [-0.2, -0.15) is 0 Å². The van der Waals surface area contributed by atoms with Gasteiger partial charge in [0.2, 0.25) is 5.91 Å². The summed E-state index contributed by atoms with van der Waals surface area (Å²) in [4.78, 5) is 27.4. The highest BCUT2D eigenvalue weighted by Gasteiger charge is 2.61. The molecule has 0 aromatic heterocycles. The summed E-state index contributed by atoms with van der Waals surface area (Å²) in [5, 5.41) is 10.7. The molecular weight excluding hydrogens is 426 g/mol. The number of esters is 1. The first-order valence-corrected chi connectivity index (χ1v) is 11.4. The lowest BCUT2D eigenvalue weighted by atomic mass is 9.57. The molecule has 174 valence electrons. The van der Waals surface area contributed by atoms with E-state index in [1.54, 1.807) is 11.8 Å². The van der Waals surface area contributed by atoms with Gasteiger partial charge in [-0.25, -0.2) is 0 Å². The van der Waals surface area contributed by atoms with Crippen molar-refractivity contribution in [3.05, 3.63) is 120 Å². The van der Waals surface area contributed by atoms with Crippen molar-refractivity contribution in [1.29, 1.82) is 0 Å². The van der Waals surface area contributed by atoms with Gasteiger partial charge in [-0.1, -0.05) is 104 Å². The van der Waals surface area contributed by atoms with Crippen LogP contribution >= 0.6 is 0 Å². The first-order valence-electron chi connectivity index (χ1n) is 11.4. The van der Waals surface area contributed by atoms with Gasteiger partial charge in [-0.05, 0) is 23.6 Å². The van der Waals surface area contributed by atoms with Gasteiger partial charge in [0.15, 0.2) is 0 Å². The number of aliphatic hydroxyl groups excluding tert-OH is 1. The molecule has 34 heavy (non-hydrogen) atoms. The van der Waals surface area contributed by atoms with E-state index in [0.717, 1.165) is 16.7 Å². The maximum absolute atomic E-state index is 13.3. The summed E-state index contributed by atoms with van der Waals surface area (Å²) < 4.78 is 5.21. The smallest absolute Gasteiger partial charge is 0.325 e. The van der Waals surface area contributed by atoms with E-state index in [0.29, 0.717) is 0 Å². The first kappa shape index (κ1) is 23.5. The van der Waals surface area contributed by atoms with E-state index in [4.69, 9.17) is 4.74 Å². The molecule has 5 nitrogen and oxygen atoms in total. The molecule has 1 aliphatic heterocycles. The molecule has 1 N–H and O–H groups in total. The molecule has 3 atom stereocenters. The zero-order chi connectivity index (χ0) is 24.1. The number of hydrogen-bond acceptors (Lipinski definition) is 4. The highest BCUT2D eigenvalue weighted by atomic mass is 16.5. The third kappa shape index (κ3) is 4.03. The molecule has 0 aliphatic carbocycles. The zero-order valence-corrected chi connectivity index (χ0v) is 19.2. The van der Waals surface area contributed by atoms with Crippen LogP contribution in [-0.2, 0) is 19.7 Å². The van der Waals surface area contributed by atoms with Gasteiger partial charge in [0.25, 0.3) is 0 Å². The van der Waals surface area contributed by atoms with Crippen LogP contribution in [0.5, 0.6) is 0 Å². The Balaban J connectivity index is 1.97. The SMILES string of the molecule is C=CCOC(=O)CN1C(=O)[C@H](C(C)O)[C@@H]1C(c1ccccc1)(c1ccccc1)c1ccccc1. The minimum absolute atomic E-state index is 0.0760. The molecule has 0 radical (unpaired) electrons. The van der Waals surface area contributed by atoms with Crippen LogP contribution in [0.25, 0.3) is 0 Å². The molecule has 1 unspecified atom stereocenters. The van der Waals surface area contributed by atoms with Gasteiger partial charge in [-0.3, -0.25) is 9.59 Å². The fraction of sp³-hybridized carbons (Fsp3) is 0.241. The van der Waals surface area contributed by atoms with Crippen molar-refractivity contribution in [2.45, 2.75) is 24.5 Å². The zero-order valence-electron chi connectivity index (χ0n) is 19.2. The minimum Gasteiger partial charge on any atom is -0.460 e. The predicted molar refractivity (Wildman–Crippen MR) is 131 cm³/mol. The van der Waals surface area contributed by atoms with E-state index in [2.05, 4.69) is 6.58 Å². The Morgan fingerprint density at radius 2 is 1.41 bits per heavy atom. The number of benzene rings is 3. The van der Waals surface area contributed by atoms with Crippen molar-refractivity contribution < 1.29 is 19.4 Å². The topological polar surface area (TPSA) is 66.8 Å². The van der Waals surface area contributed by atoms with Crippen LogP contribution in [0.1, 0.15) is 23.6 Å². The lowest BCUT2D eigenvalue weighted by molar-refractivity contribution is -0.174. The van der Waals surface area contributed by atoms with Crippen LogP contribution < -0.4 is 0 Å². The van der Waals surface area contributed by atoms with E-state index < -0.39 is 29.4 Å². The maximum Gasteiger partial charge on any atom is 0.325 e. The fourth-order valence-corrected chi connectivity index (χ4v) is 5.18. The summed E-state index contributed by atoms with van der Waals surface area (Å²) in [7, 11) is 0. The van der Waals surface area contributed by atoms with Crippen molar-refractivity contribution >= 4 is 11.9 Å². The molecule has 3 aromatic carbocycles. The summed E-state index contributed by atoms with van der Waals surface area (Å²) in [5.41, 5.74) is 2.10. The first-order chi connectivity index (χ1) is 16.5. The van der Waals surface area contributed by atoms with Crippen LogP contribution in [0.4, 0.5) is 0 Å². The molecule has 4 rings (SSSR count). The quantitative estimate of drug-likeness (QED) is 0.230. The number of amides is 1. The Bertz CT molecular complexity index is 1030. The normalized spacial score (nSPS) is 18.6. The molecule has 1 fully saturated rings. The van der Waals surface area contributed by atoms with Gasteiger partial charge in [0.05, 0.1) is 23.5 Å². The number of hydrogen-bond donors (Lipinski definition) is 1. The highest BCUT2D eigenvalue weighted by Crippen LogP contribution is 2.51. The van der Waals surface area contributed by atoms with E-state index in [1.807, 2.05) is 91.0 Å². The van der Waals surface area contributed by atoms with Crippen molar-refractivity contribution in [2.24, 2.45) is 5.92 Å². The molecule has 0 bridgehead atoms. The van der Waals surface area contributed by atoms with Crippen LogP contribution in [0.2, 0.25) is 0 Å². The number of carbonyl (C=O) groups is 2. The van der Waals surface area contributed by atoms with Crippen LogP contribution in [0.3, 0.4) is 0 Å². The summed E-state index contributed by atoms with van der Waals surface area (Å²) in [6.07, 6.45) is 0.599. The number of aliphatic hydroxyl groups is 1. The maximum atomic E-state index is 13.3. The molecule has 1 aliphatic rings. The third-order valence-electron chi connectivity index (χ3n) is 6.56. The number of rotatable bonds is 9. The van der Waals surface area contributed by atoms with Crippen LogP contribution in [-0.4, -0.2) is 47.2 Å². The van der Waals surface area contributed by atoms with E-state index in [-0.39, 0.29) is 19.1 Å². The second-order valence-electron chi connectivity index (χ2n) is 8.56. The summed E-state index contributed by atoms with van der Waals surface area (Å²) in [6, 6.07) is 29.4. The van der Waals surface area contributed by atoms with Crippen molar-refractivity contribution in [2.75, 3.05) is 13.2 Å². The largest absolute Gasteiger partial charge is 0.460 e. The highest BCUT2D eigenvalue weighted by molar-refractivity contribution is 5.91. The fourth-order valence-electron chi connectivity index (χ4n) is 5.18. The number of nitrogens with zero attached hydrogens (tertiary/aromatic N) is 1. The number of carbonyl (C=O) groups excluding carboxylic acids is 2. The average molecular weight is 456 g/mol. The summed E-state index contributed by atoms with van der Waals surface area (Å²) >= 11 is 0. The van der Waals surface area contributed by atoms with Gasteiger partial charge in [-0.15, -0.1) is 0 Å². The molecule has 1 heterocycles. The van der Waals surface area contributed by atoms with E-state index in [9.17, 15) is 14.7 Å². The Morgan fingerprint density at radius 1 is 0.971 bits per heavy atom. The van der Waals surface area contributed by atoms with Gasteiger partial charge >= 0.3 is 5.97 Å². The second kappa shape index (κ2) is 10.1. The Morgan fingerprint density at radius 3 is 1.79 bits per heavy atom. The van der Waals surface area contributed by atoms with Crippen molar-refractivity contribution in [1.82, 2.24) is 4.90 Å². The van der Waals surface area contributed by atoms with Gasteiger partial charge < -0.3 is 14.7 Å². The van der Waals surface area contributed by atoms with Gasteiger partial charge in [0.1, 0.15) is 13.2 Å². The summed E-state index contributed by atoms with van der Waals surface area (Å²) in [6.45, 7) is 5.09. The molecule has 0 spiro atoms. The monoisotopic (exact) mass is 455 g/mol. The second-order valence-corrected chi connectivity index (χ2v) is 8.56. The van der Waals surface area contributed by atoms with Crippen LogP contribution in [0.15, 0.2) is 104 Å². The lowest BCUT2D eigenvalue weighted by Crippen LogP contribution is -2.72. The molecule has 0 saturated carbocycles. The minimum atomic E-state index is -0.895. The predicted octanol–water partition coefficient (Wildman–Crippen LogP) is 3.96. The molecular formula is C29H29NO4. The average Bonchev–Trinajstić information content (AvgIpc) is 2.87. The third-order valence-corrected chi connectivity index (χ3v) is 6.56. The number of ether oxygens (including phenoxy) is 1. The Labute approximate surface area is 200 Å². The van der Waals surface area contributed by atoms with Gasteiger partial charge in [0, 0.05) is 0 Å². The summed E-state index contributed by atoms with van der Waals surface area (Å²) in [5.74, 6) is -1.46. The van der Waals surface area contributed by atoms with E-state index in [1.165, 1.54) is 6.08 Å². The molecule has 3 aromatic rings. The molecule has 5 heteroatoms. The standard InChI is InChI=1S/C29H29NO4/c1-3-19-34-25(32)20-30-27(26(21(2)31)28(30)33)29(22-13-7-4-8-14-22,23-15-9-5-10-16-23)24-17-11-6-12-18-24/h3-18,21,26-27,31H,1,19-20H2,2H3/t21?,26-,27-/m1/s1. The number of β-lactam (4-membered cyclic amide) rings is 1. The Hall–Kier alpha value is -3.70. The van der Waals surface area contributed by atoms with Crippen molar-refractivity contribution in [3.63, 3.8) is 0 Å². The van der Waals surface area contributed by atoms with Crippen LogP contribution in [0, 0.1) is 5.92 Å². The lowest BCUT2D eigenvalue weighted by Gasteiger charge is -2.57. The molecule has 1 amide bonds. The van der Waals surface area contributed by atoms with E-state index >= 15 is 0 Å².